The largest absolute Gasteiger partial charge is 0.394 e. The van der Waals surface area contributed by atoms with E-state index in [9.17, 15) is 0 Å². The molecule has 0 aliphatic carbocycles. The van der Waals surface area contributed by atoms with Gasteiger partial charge in [0.15, 0.2) is 5.82 Å². The quantitative estimate of drug-likeness (QED) is 0.590. The zero-order valence-electron chi connectivity index (χ0n) is 7.61. The lowest BCUT2D eigenvalue weighted by molar-refractivity contribution is 0.144. The molecule has 0 aliphatic rings. The van der Waals surface area contributed by atoms with Gasteiger partial charge in [-0.2, -0.15) is 4.98 Å². The molecule has 13 heavy (non-hydrogen) atoms. The van der Waals surface area contributed by atoms with Crippen molar-refractivity contribution in [3.63, 3.8) is 0 Å². The molecule has 0 bridgehead atoms. The van der Waals surface area contributed by atoms with Gasteiger partial charge in [0.1, 0.15) is 0 Å². The Balaban J connectivity index is 2.67. The SMILES string of the molecule is Cc1noc(NC(C)(CO)CO)n1. The lowest BCUT2D eigenvalue weighted by Gasteiger charge is -2.24. The average molecular weight is 187 g/mol. The van der Waals surface area contributed by atoms with Crippen LogP contribution in [0.15, 0.2) is 4.52 Å². The maximum Gasteiger partial charge on any atom is 0.322 e. The lowest BCUT2D eigenvalue weighted by atomic mass is 10.1. The first-order valence-electron chi connectivity index (χ1n) is 3.90. The van der Waals surface area contributed by atoms with Crippen LogP contribution in [0, 0.1) is 6.92 Å². The fourth-order valence-corrected chi connectivity index (χ4v) is 0.735. The molecule has 1 rings (SSSR count). The number of nitrogens with zero attached hydrogens (tertiary/aromatic N) is 2. The third kappa shape index (κ3) is 2.40. The Labute approximate surface area is 75.6 Å². The normalized spacial score (nSPS) is 11.7. The molecule has 0 saturated heterocycles. The number of aryl methyl sites for hydroxylation is 1. The molecule has 1 aromatic heterocycles. The van der Waals surface area contributed by atoms with E-state index in [-0.39, 0.29) is 19.2 Å². The first-order valence-corrected chi connectivity index (χ1v) is 3.90. The first-order chi connectivity index (χ1) is 6.09. The highest BCUT2D eigenvalue weighted by molar-refractivity contribution is 5.24. The molecule has 1 aromatic rings. The van der Waals surface area contributed by atoms with Crippen molar-refractivity contribution in [1.82, 2.24) is 10.1 Å². The van der Waals surface area contributed by atoms with Crippen molar-refractivity contribution in [3.05, 3.63) is 5.82 Å². The van der Waals surface area contributed by atoms with Crippen LogP contribution in [0.1, 0.15) is 12.7 Å². The van der Waals surface area contributed by atoms with E-state index in [0.717, 1.165) is 0 Å². The van der Waals surface area contributed by atoms with Gasteiger partial charge in [-0.15, -0.1) is 0 Å². The van der Waals surface area contributed by atoms with Crippen molar-refractivity contribution < 1.29 is 14.7 Å². The molecule has 74 valence electrons. The number of hydrogen-bond donors (Lipinski definition) is 3. The van der Waals surface area contributed by atoms with Crippen molar-refractivity contribution in [2.45, 2.75) is 19.4 Å². The van der Waals surface area contributed by atoms with E-state index in [0.29, 0.717) is 5.82 Å². The fraction of sp³-hybridized carbons (Fsp3) is 0.714. The van der Waals surface area contributed by atoms with Gasteiger partial charge in [-0.1, -0.05) is 5.16 Å². The topological polar surface area (TPSA) is 91.4 Å². The van der Waals surface area contributed by atoms with Crippen LogP contribution in [0.3, 0.4) is 0 Å². The van der Waals surface area contributed by atoms with Gasteiger partial charge in [-0.25, -0.2) is 0 Å². The van der Waals surface area contributed by atoms with Crippen LogP contribution in [0.5, 0.6) is 0 Å². The van der Waals surface area contributed by atoms with Crippen LogP contribution < -0.4 is 5.32 Å². The zero-order chi connectivity index (χ0) is 9.90. The van der Waals surface area contributed by atoms with Gasteiger partial charge < -0.3 is 20.1 Å². The summed E-state index contributed by atoms with van der Waals surface area (Å²) in [5.74, 6) is 0.501. The fourth-order valence-electron chi connectivity index (χ4n) is 0.735. The molecule has 0 amide bonds. The van der Waals surface area contributed by atoms with E-state index in [1.165, 1.54) is 0 Å². The van der Waals surface area contributed by atoms with Gasteiger partial charge in [0, 0.05) is 0 Å². The highest BCUT2D eigenvalue weighted by Crippen LogP contribution is 2.11. The van der Waals surface area contributed by atoms with Gasteiger partial charge >= 0.3 is 6.01 Å². The summed E-state index contributed by atoms with van der Waals surface area (Å²) < 4.78 is 4.77. The molecule has 3 N–H and O–H groups in total. The summed E-state index contributed by atoms with van der Waals surface area (Å²) in [6.07, 6.45) is 0. The van der Waals surface area contributed by atoms with Crippen LogP contribution in [0.2, 0.25) is 0 Å². The van der Waals surface area contributed by atoms with E-state index < -0.39 is 5.54 Å². The highest BCUT2D eigenvalue weighted by Gasteiger charge is 2.24. The molecular formula is C7H13N3O3. The van der Waals surface area contributed by atoms with E-state index in [2.05, 4.69) is 15.5 Å². The molecule has 0 saturated carbocycles. The van der Waals surface area contributed by atoms with Gasteiger partial charge in [0.25, 0.3) is 0 Å². The van der Waals surface area contributed by atoms with Crippen molar-refractivity contribution in [3.8, 4) is 0 Å². The third-order valence-corrected chi connectivity index (χ3v) is 1.63. The van der Waals surface area contributed by atoms with Crippen molar-refractivity contribution in [2.75, 3.05) is 18.5 Å². The summed E-state index contributed by atoms with van der Waals surface area (Å²) in [6.45, 7) is 2.90. The number of nitrogens with one attached hydrogen (secondary N) is 1. The van der Waals surface area contributed by atoms with Crippen LogP contribution >= 0.6 is 0 Å². The van der Waals surface area contributed by atoms with Gasteiger partial charge in [0.2, 0.25) is 0 Å². The van der Waals surface area contributed by atoms with E-state index in [4.69, 9.17) is 14.7 Å². The minimum atomic E-state index is -0.834. The Morgan fingerprint density at radius 3 is 2.46 bits per heavy atom. The van der Waals surface area contributed by atoms with Crippen molar-refractivity contribution in [2.24, 2.45) is 0 Å². The molecule has 6 nitrogen and oxygen atoms in total. The van der Waals surface area contributed by atoms with Crippen LogP contribution in [-0.4, -0.2) is 39.1 Å². The number of anilines is 1. The van der Waals surface area contributed by atoms with Gasteiger partial charge in [-0.3, -0.25) is 0 Å². The van der Waals surface area contributed by atoms with Crippen LogP contribution in [0.4, 0.5) is 6.01 Å². The molecule has 0 fully saturated rings. The summed E-state index contributed by atoms with van der Waals surface area (Å²) in [5.41, 5.74) is -0.834. The number of hydrogen-bond acceptors (Lipinski definition) is 6. The second-order valence-corrected chi connectivity index (χ2v) is 3.15. The Morgan fingerprint density at radius 2 is 2.08 bits per heavy atom. The Bertz CT molecular complexity index is 270. The number of aliphatic hydroxyl groups excluding tert-OH is 2. The van der Waals surface area contributed by atoms with E-state index >= 15 is 0 Å². The predicted octanol–water partition coefficient (Wildman–Crippen LogP) is -0.467. The first kappa shape index (κ1) is 9.94. The second kappa shape index (κ2) is 3.71. The zero-order valence-corrected chi connectivity index (χ0v) is 7.61. The molecule has 0 aromatic carbocycles. The Hall–Kier alpha value is -1.14. The molecule has 0 atom stereocenters. The minimum absolute atomic E-state index is 0.197. The molecule has 0 unspecified atom stereocenters. The number of aliphatic hydroxyl groups is 2. The Morgan fingerprint density at radius 1 is 1.46 bits per heavy atom. The summed E-state index contributed by atoms with van der Waals surface area (Å²) >= 11 is 0. The molecular weight excluding hydrogens is 174 g/mol. The lowest BCUT2D eigenvalue weighted by Crippen LogP contribution is -2.42. The summed E-state index contributed by atoms with van der Waals surface area (Å²) in [5, 5.41) is 24.2. The van der Waals surface area contributed by atoms with Crippen LogP contribution in [-0.2, 0) is 0 Å². The molecule has 6 heteroatoms. The standard InChI is InChI=1S/C7H13N3O3/c1-5-8-6(13-10-5)9-7(2,3-11)4-12/h11-12H,3-4H2,1-2H3,(H,8,9,10). The monoisotopic (exact) mass is 187 g/mol. The summed E-state index contributed by atoms with van der Waals surface area (Å²) in [7, 11) is 0. The molecule has 0 radical (unpaired) electrons. The number of aromatic nitrogens is 2. The summed E-state index contributed by atoms with van der Waals surface area (Å²) in [6, 6.07) is 0.197. The van der Waals surface area contributed by atoms with Gasteiger partial charge in [0.05, 0.1) is 18.8 Å². The maximum absolute atomic E-state index is 8.94. The van der Waals surface area contributed by atoms with Crippen molar-refractivity contribution in [1.29, 1.82) is 0 Å². The van der Waals surface area contributed by atoms with Crippen molar-refractivity contribution >= 4 is 6.01 Å². The smallest absolute Gasteiger partial charge is 0.322 e. The average Bonchev–Trinajstić information content (AvgIpc) is 2.51. The van der Waals surface area contributed by atoms with Crippen LogP contribution in [0.25, 0.3) is 0 Å². The molecule has 0 aliphatic heterocycles. The van der Waals surface area contributed by atoms with E-state index in [1.54, 1.807) is 13.8 Å². The maximum atomic E-state index is 8.94. The van der Waals surface area contributed by atoms with E-state index in [1.807, 2.05) is 0 Å². The minimum Gasteiger partial charge on any atom is -0.394 e. The molecule has 0 spiro atoms. The number of rotatable bonds is 4. The third-order valence-electron chi connectivity index (χ3n) is 1.63. The molecule has 1 heterocycles. The second-order valence-electron chi connectivity index (χ2n) is 3.15. The van der Waals surface area contributed by atoms with Gasteiger partial charge in [-0.05, 0) is 13.8 Å². The Kier molecular flexibility index (Phi) is 2.84. The highest BCUT2D eigenvalue weighted by atomic mass is 16.5. The predicted molar refractivity (Wildman–Crippen MR) is 45.2 cm³/mol. The summed E-state index contributed by atoms with van der Waals surface area (Å²) in [4.78, 5) is 3.88.